The van der Waals surface area contributed by atoms with Crippen LogP contribution in [0.25, 0.3) is 10.9 Å². The molecule has 0 radical (unpaired) electrons. The van der Waals surface area contributed by atoms with Gasteiger partial charge in [-0.3, -0.25) is 4.79 Å². The van der Waals surface area contributed by atoms with Gasteiger partial charge in [-0.1, -0.05) is 35.9 Å². The number of anilines is 2. The van der Waals surface area contributed by atoms with E-state index in [1.807, 2.05) is 57.3 Å². The summed E-state index contributed by atoms with van der Waals surface area (Å²) in [6.07, 6.45) is 2.86. The van der Waals surface area contributed by atoms with Crippen molar-refractivity contribution in [3.8, 4) is 0 Å². The number of benzene rings is 2. The summed E-state index contributed by atoms with van der Waals surface area (Å²) in [5.74, 6) is 0.216. The molecule has 0 bridgehead atoms. The standard InChI is InChI=1S/C24H25N5O/c1-15-8-9-20(16(2)12-15)28-23(30)22-13-17(3)27-24(29-22)25-11-10-18-14-26-21-7-5-4-6-19(18)21/h4-9,12-14,26H,10-11H2,1-3H3,(H,28,30)(H,25,27,29). The molecule has 0 unspecified atom stereocenters. The number of nitrogens with one attached hydrogen (secondary N) is 3. The zero-order valence-electron chi connectivity index (χ0n) is 17.4. The highest BCUT2D eigenvalue weighted by Crippen LogP contribution is 2.19. The van der Waals surface area contributed by atoms with Crippen molar-refractivity contribution in [3.05, 3.63) is 82.8 Å². The zero-order valence-corrected chi connectivity index (χ0v) is 17.4. The van der Waals surface area contributed by atoms with Crippen molar-refractivity contribution < 1.29 is 4.79 Å². The van der Waals surface area contributed by atoms with E-state index in [0.29, 0.717) is 18.2 Å². The first-order chi connectivity index (χ1) is 14.5. The fraction of sp³-hybridized carbons (Fsp3) is 0.208. The number of hydrogen-bond acceptors (Lipinski definition) is 4. The number of H-pyrrole nitrogens is 1. The maximum absolute atomic E-state index is 12.7. The smallest absolute Gasteiger partial charge is 0.274 e. The van der Waals surface area contributed by atoms with Gasteiger partial charge in [0.1, 0.15) is 5.69 Å². The van der Waals surface area contributed by atoms with Gasteiger partial charge in [-0.25, -0.2) is 9.97 Å². The van der Waals surface area contributed by atoms with E-state index in [-0.39, 0.29) is 5.91 Å². The van der Waals surface area contributed by atoms with Crippen LogP contribution in [0.3, 0.4) is 0 Å². The first-order valence-electron chi connectivity index (χ1n) is 10.0. The number of hydrogen-bond donors (Lipinski definition) is 3. The molecule has 0 aliphatic carbocycles. The Balaban J connectivity index is 1.44. The van der Waals surface area contributed by atoms with Crippen molar-refractivity contribution in [2.75, 3.05) is 17.2 Å². The molecule has 4 aromatic rings. The minimum absolute atomic E-state index is 0.243. The summed E-state index contributed by atoms with van der Waals surface area (Å²) in [6.45, 7) is 6.54. The van der Waals surface area contributed by atoms with Crippen molar-refractivity contribution in [2.45, 2.75) is 27.2 Å². The predicted octanol–water partition coefficient (Wildman–Crippen LogP) is 4.79. The Morgan fingerprint density at radius 2 is 1.87 bits per heavy atom. The van der Waals surface area contributed by atoms with Crippen molar-refractivity contribution in [1.82, 2.24) is 15.0 Å². The van der Waals surface area contributed by atoms with E-state index >= 15 is 0 Å². The summed E-state index contributed by atoms with van der Waals surface area (Å²) in [7, 11) is 0. The van der Waals surface area contributed by atoms with Crippen LogP contribution in [0.15, 0.2) is 54.7 Å². The lowest BCUT2D eigenvalue weighted by Gasteiger charge is -2.11. The summed E-state index contributed by atoms with van der Waals surface area (Å²) < 4.78 is 0. The van der Waals surface area contributed by atoms with Gasteiger partial charge in [-0.2, -0.15) is 0 Å². The van der Waals surface area contributed by atoms with Crippen LogP contribution in [0.2, 0.25) is 0 Å². The monoisotopic (exact) mass is 399 g/mol. The fourth-order valence-corrected chi connectivity index (χ4v) is 3.55. The van der Waals surface area contributed by atoms with Crippen LogP contribution in [0.1, 0.15) is 32.9 Å². The molecule has 30 heavy (non-hydrogen) atoms. The van der Waals surface area contributed by atoms with Crippen LogP contribution < -0.4 is 10.6 Å². The van der Waals surface area contributed by atoms with Gasteiger partial charge in [-0.15, -0.1) is 0 Å². The van der Waals surface area contributed by atoms with Crippen LogP contribution in [-0.2, 0) is 6.42 Å². The van der Waals surface area contributed by atoms with Crippen LogP contribution >= 0.6 is 0 Å². The largest absolute Gasteiger partial charge is 0.361 e. The molecule has 2 heterocycles. The second-order valence-electron chi connectivity index (χ2n) is 7.53. The third kappa shape index (κ3) is 4.33. The molecule has 2 aromatic carbocycles. The molecular weight excluding hydrogens is 374 g/mol. The minimum Gasteiger partial charge on any atom is -0.361 e. The van der Waals surface area contributed by atoms with E-state index < -0.39 is 0 Å². The third-order valence-corrected chi connectivity index (χ3v) is 5.07. The number of aromatic amines is 1. The molecule has 0 spiro atoms. The summed E-state index contributed by atoms with van der Waals surface area (Å²) >= 11 is 0. The Morgan fingerprint density at radius 3 is 2.70 bits per heavy atom. The molecule has 1 amide bonds. The number of rotatable bonds is 6. The molecule has 0 aliphatic rings. The summed E-state index contributed by atoms with van der Waals surface area (Å²) in [6, 6.07) is 15.9. The number of nitrogens with zero attached hydrogens (tertiary/aromatic N) is 2. The zero-order chi connectivity index (χ0) is 21.1. The molecule has 2 aromatic heterocycles. The van der Waals surface area contributed by atoms with Crippen molar-refractivity contribution in [1.29, 1.82) is 0 Å². The predicted molar refractivity (Wildman–Crippen MR) is 121 cm³/mol. The van der Waals surface area contributed by atoms with Crippen LogP contribution in [0, 0.1) is 20.8 Å². The first kappa shape index (κ1) is 19.6. The van der Waals surface area contributed by atoms with Crippen LogP contribution in [0.4, 0.5) is 11.6 Å². The van der Waals surface area contributed by atoms with Crippen LogP contribution in [0.5, 0.6) is 0 Å². The number of carbonyl (C=O) groups excluding carboxylic acids is 1. The molecule has 0 fully saturated rings. The van der Waals surface area contributed by atoms with E-state index in [0.717, 1.165) is 34.4 Å². The Hall–Kier alpha value is -3.67. The highest BCUT2D eigenvalue weighted by molar-refractivity contribution is 6.03. The van der Waals surface area contributed by atoms with Crippen molar-refractivity contribution in [2.24, 2.45) is 0 Å². The van der Waals surface area contributed by atoms with Gasteiger partial charge < -0.3 is 15.6 Å². The van der Waals surface area contributed by atoms with Crippen molar-refractivity contribution >= 4 is 28.4 Å². The van der Waals surface area contributed by atoms with E-state index in [4.69, 9.17) is 0 Å². The molecular formula is C24H25N5O. The summed E-state index contributed by atoms with van der Waals surface area (Å²) in [4.78, 5) is 24.9. The van der Waals surface area contributed by atoms with Gasteiger partial charge in [0.2, 0.25) is 5.95 Å². The van der Waals surface area contributed by atoms with E-state index in [1.54, 1.807) is 6.07 Å². The number of para-hydroxylation sites is 1. The number of aryl methyl sites for hydroxylation is 3. The van der Waals surface area contributed by atoms with Crippen LogP contribution in [-0.4, -0.2) is 27.4 Å². The molecule has 0 atom stereocenters. The Kier molecular flexibility index (Phi) is 5.48. The average Bonchev–Trinajstić information content (AvgIpc) is 3.13. The Morgan fingerprint density at radius 1 is 1.03 bits per heavy atom. The maximum atomic E-state index is 12.7. The van der Waals surface area contributed by atoms with Gasteiger partial charge in [0.25, 0.3) is 5.91 Å². The Labute approximate surface area is 175 Å². The second-order valence-corrected chi connectivity index (χ2v) is 7.53. The highest BCUT2D eigenvalue weighted by Gasteiger charge is 2.12. The average molecular weight is 399 g/mol. The van der Waals surface area contributed by atoms with Crippen molar-refractivity contribution in [3.63, 3.8) is 0 Å². The molecule has 152 valence electrons. The quantitative estimate of drug-likeness (QED) is 0.435. The molecule has 3 N–H and O–H groups in total. The Bertz CT molecular complexity index is 1210. The van der Waals surface area contributed by atoms with Gasteiger partial charge in [-0.05, 0) is 56.5 Å². The number of amides is 1. The van der Waals surface area contributed by atoms with Gasteiger partial charge in [0, 0.05) is 35.0 Å². The number of fused-ring (bicyclic) bond motifs is 1. The molecule has 0 saturated heterocycles. The van der Waals surface area contributed by atoms with Gasteiger partial charge in [0.15, 0.2) is 0 Å². The molecule has 6 heteroatoms. The maximum Gasteiger partial charge on any atom is 0.274 e. The topological polar surface area (TPSA) is 82.7 Å². The molecule has 4 rings (SSSR count). The SMILES string of the molecule is Cc1ccc(NC(=O)c2cc(C)nc(NCCc3c[nH]c4ccccc34)n2)c(C)c1. The van der Waals surface area contributed by atoms with Gasteiger partial charge >= 0.3 is 0 Å². The second kappa shape index (κ2) is 8.37. The van der Waals surface area contributed by atoms with E-state index in [9.17, 15) is 4.79 Å². The first-order valence-corrected chi connectivity index (χ1v) is 10.0. The summed E-state index contributed by atoms with van der Waals surface area (Å²) in [5, 5.41) is 7.42. The molecule has 0 saturated carbocycles. The van der Waals surface area contributed by atoms with Gasteiger partial charge in [0.05, 0.1) is 0 Å². The lowest BCUT2D eigenvalue weighted by atomic mass is 10.1. The molecule has 0 aliphatic heterocycles. The number of aromatic nitrogens is 3. The minimum atomic E-state index is -0.243. The lowest BCUT2D eigenvalue weighted by Crippen LogP contribution is -2.17. The van der Waals surface area contributed by atoms with E-state index in [2.05, 4.69) is 37.7 Å². The normalized spacial score (nSPS) is 10.9. The third-order valence-electron chi connectivity index (χ3n) is 5.07. The highest BCUT2D eigenvalue weighted by atomic mass is 16.1. The number of carbonyl (C=O) groups is 1. The molecule has 6 nitrogen and oxygen atoms in total. The van der Waals surface area contributed by atoms with E-state index in [1.165, 1.54) is 10.9 Å². The summed E-state index contributed by atoms with van der Waals surface area (Å²) in [5.41, 5.74) is 6.41. The fourth-order valence-electron chi connectivity index (χ4n) is 3.55. The lowest BCUT2D eigenvalue weighted by molar-refractivity contribution is 0.102.